The van der Waals surface area contributed by atoms with Crippen molar-refractivity contribution in [3.8, 4) is 17.2 Å². The summed E-state index contributed by atoms with van der Waals surface area (Å²) in [6, 6.07) is 8.21. The minimum atomic E-state index is 0.636. The minimum absolute atomic E-state index is 0.636. The smallest absolute Gasteiger partial charge is 0.203 e. The Balaban J connectivity index is 2.07. The van der Waals surface area contributed by atoms with E-state index >= 15 is 0 Å². The van der Waals surface area contributed by atoms with E-state index in [-0.39, 0.29) is 0 Å². The Morgan fingerprint density at radius 1 is 1.00 bits per heavy atom. The molecule has 0 spiro atoms. The van der Waals surface area contributed by atoms with Crippen molar-refractivity contribution in [2.75, 3.05) is 21.3 Å². The van der Waals surface area contributed by atoms with Crippen molar-refractivity contribution in [2.45, 2.75) is 13.1 Å². The van der Waals surface area contributed by atoms with Crippen LogP contribution in [-0.2, 0) is 13.1 Å². The first-order chi connectivity index (χ1) is 9.78. The van der Waals surface area contributed by atoms with Crippen LogP contribution in [0.5, 0.6) is 17.2 Å². The van der Waals surface area contributed by atoms with Gasteiger partial charge in [0.15, 0.2) is 11.5 Å². The predicted molar refractivity (Wildman–Crippen MR) is 79.8 cm³/mol. The fourth-order valence-electron chi connectivity index (χ4n) is 2.06. The third-order valence-corrected chi connectivity index (χ3v) is 3.93. The van der Waals surface area contributed by atoms with Gasteiger partial charge in [0.1, 0.15) is 13.1 Å². The van der Waals surface area contributed by atoms with Crippen LogP contribution in [0.1, 0.15) is 10.4 Å². The SMILES string of the molecule is COc1cc(C[NH2+]Cc2cccs2)cc(OC)c1OC. The van der Waals surface area contributed by atoms with Gasteiger partial charge in [0.25, 0.3) is 0 Å². The van der Waals surface area contributed by atoms with E-state index in [1.54, 1.807) is 32.7 Å². The van der Waals surface area contributed by atoms with E-state index in [2.05, 4.69) is 22.8 Å². The monoisotopic (exact) mass is 294 g/mol. The molecule has 20 heavy (non-hydrogen) atoms. The van der Waals surface area contributed by atoms with Crippen molar-refractivity contribution in [3.05, 3.63) is 40.1 Å². The van der Waals surface area contributed by atoms with E-state index in [1.807, 2.05) is 12.1 Å². The van der Waals surface area contributed by atoms with Crippen LogP contribution >= 0.6 is 11.3 Å². The Bertz CT molecular complexity index is 515. The number of quaternary nitrogens is 1. The lowest BCUT2D eigenvalue weighted by Gasteiger charge is -2.13. The van der Waals surface area contributed by atoms with Crippen molar-refractivity contribution in [1.29, 1.82) is 0 Å². The Morgan fingerprint density at radius 3 is 2.20 bits per heavy atom. The van der Waals surface area contributed by atoms with Crippen molar-refractivity contribution < 1.29 is 19.5 Å². The zero-order valence-electron chi connectivity index (χ0n) is 12.0. The molecule has 0 unspecified atom stereocenters. The molecule has 1 aromatic heterocycles. The van der Waals surface area contributed by atoms with E-state index in [1.165, 1.54) is 4.88 Å². The van der Waals surface area contributed by atoms with Gasteiger partial charge < -0.3 is 19.5 Å². The molecule has 1 heterocycles. The predicted octanol–water partition coefficient (Wildman–Crippen LogP) is 2.04. The van der Waals surface area contributed by atoms with Gasteiger partial charge in [0.2, 0.25) is 5.75 Å². The average Bonchev–Trinajstić information content (AvgIpc) is 2.99. The van der Waals surface area contributed by atoms with E-state index in [9.17, 15) is 0 Å². The fraction of sp³-hybridized carbons (Fsp3) is 0.333. The molecule has 0 bridgehead atoms. The first kappa shape index (κ1) is 14.7. The molecule has 0 radical (unpaired) electrons. The Morgan fingerprint density at radius 2 is 1.70 bits per heavy atom. The highest BCUT2D eigenvalue weighted by molar-refractivity contribution is 7.09. The molecular weight excluding hydrogens is 274 g/mol. The molecule has 0 saturated carbocycles. The number of hydrogen-bond acceptors (Lipinski definition) is 4. The van der Waals surface area contributed by atoms with Gasteiger partial charge in [0, 0.05) is 5.56 Å². The van der Waals surface area contributed by atoms with Crippen LogP contribution in [0.25, 0.3) is 0 Å². The second-order valence-electron chi connectivity index (χ2n) is 4.31. The average molecular weight is 294 g/mol. The number of hydrogen-bond donors (Lipinski definition) is 1. The molecule has 0 atom stereocenters. The van der Waals surface area contributed by atoms with Crippen LogP contribution in [-0.4, -0.2) is 21.3 Å². The van der Waals surface area contributed by atoms with Gasteiger partial charge in [-0.25, -0.2) is 0 Å². The highest BCUT2D eigenvalue weighted by atomic mass is 32.1. The number of rotatable bonds is 7. The molecular formula is C15H20NO3S+. The summed E-state index contributed by atoms with van der Waals surface area (Å²) >= 11 is 1.78. The van der Waals surface area contributed by atoms with Crippen molar-refractivity contribution in [1.82, 2.24) is 0 Å². The lowest BCUT2D eigenvalue weighted by molar-refractivity contribution is -0.685. The van der Waals surface area contributed by atoms with Crippen LogP contribution in [0, 0.1) is 0 Å². The van der Waals surface area contributed by atoms with E-state index in [4.69, 9.17) is 14.2 Å². The third-order valence-electron chi connectivity index (χ3n) is 3.03. The van der Waals surface area contributed by atoms with Crippen LogP contribution in [0.4, 0.5) is 0 Å². The number of benzene rings is 1. The summed E-state index contributed by atoms with van der Waals surface area (Å²) < 4.78 is 16.0. The van der Waals surface area contributed by atoms with Crippen molar-refractivity contribution in [2.24, 2.45) is 0 Å². The first-order valence-corrected chi connectivity index (χ1v) is 7.29. The van der Waals surface area contributed by atoms with Crippen LogP contribution in [0.15, 0.2) is 29.6 Å². The molecule has 2 aromatic rings. The lowest BCUT2D eigenvalue weighted by Crippen LogP contribution is -2.80. The lowest BCUT2D eigenvalue weighted by atomic mass is 10.1. The zero-order chi connectivity index (χ0) is 14.4. The molecule has 0 aliphatic rings. The molecule has 108 valence electrons. The Kier molecular flexibility index (Phi) is 5.26. The summed E-state index contributed by atoms with van der Waals surface area (Å²) in [5.74, 6) is 2.04. The molecule has 0 fully saturated rings. The highest BCUT2D eigenvalue weighted by Crippen LogP contribution is 2.37. The molecule has 5 heteroatoms. The van der Waals surface area contributed by atoms with Crippen molar-refractivity contribution >= 4 is 11.3 Å². The maximum Gasteiger partial charge on any atom is 0.203 e. The summed E-state index contributed by atoms with van der Waals surface area (Å²) in [6.07, 6.45) is 0. The molecule has 4 nitrogen and oxygen atoms in total. The van der Waals surface area contributed by atoms with E-state index in [0.717, 1.165) is 18.7 Å². The first-order valence-electron chi connectivity index (χ1n) is 6.41. The second kappa shape index (κ2) is 7.17. The van der Waals surface area contributed by atoms with Gasteiger partial charge in [-0.2, -0.15) is 0 Å². The maximum absolute atomic E-state index is 5.35. The summed E-state index contributed by atoms with van der Waals surface area (Å²) in [5.41, 5.74) is 1.15. The molecule has 0 saturated heterocycles. The third kappa shape index (κ3) is 3.43. The van der Waals surface area contributed by atoms with Crippen LogP contribution < -0.4 is 19.5 Å². The normalized spacial score (nSPS) is 10.3. The van der Waals surface area contributed by atoms with Gasteiger partial charge >= 0.3 is 0 Å². The summed E-state index contributed by atoms with van der Waals surface area (Å²) in [6.45, 7) is 1.85. The van der Waals surface area contributed by atoms with Gasteiger partial charge in [-0.05, 0) is 23.6 Å². The summed E-state index contributed by atoms with van der Waals surface area (Å²) in [4.78, 5) is 1.37. The molecule has 1 aromatic carbocycles. The van der Waals surface area contributed by atoms with Gasteiger partial charge in [-0.1, -0.05) is 6.07 Å². The number of methoxy groups -OCH3 is 3. The standard InChI is InChI=1S/C15H19NO3S/c1-17-13-7-11(8-14(18-2)15(13)19-3)9-16-10-12-5-4-6-20-12/h4-8,16H,9-10H2,1-3H3/p+1. The molecule has 2 rings (SSSR count). The van der Waals surface area contributed by atoms with E-state index < -0.39 is 0 Å². The summed E-state index contributed by atoms with van der Waals surface area (Å²) in [7, 11) is 4.88. The number of ether oxygens (including phenoxy) is 3. The van der Waals surface area contributed by atoms with Gasteiger partial charge in [0.05, 0.1) is 26.2 Å². The zero-order valence-corrected chi connectivity index (χ0v) is 12.8. The fourth-order valence-corrected chi connectivity index (χ4v) is 2.77. The molecule has 0 aliphatic heterocycles. The van der Waals surface area contributed by atoms with Crippen LogP contribution in [0.2, 0.25) is 0 Å². The second-order valence-corrected chi connectivity index (χ2v) is 5.34. The molecule has 0 amide bonds. The molecule has 0 aliphatic carbocycles. The van der Waals surface area contributed by atoms with Crippen LogP contribution in [0.3, 0.4) is 0 Å². The topological polar surface area (TPSA) is 44.3 Å². The largest absolute Gasteiger partial charge is 0.493 e. The Labute approximate surface area is 123 Å². The highest BCUT2D eigenvalue weighted by Gasteiger charge is 2.13. The Hall–Kier alpha value is -1.72. The van der Waals surface area contributed by atoms with Crippen molar-refractivity contribution in [3.63, 3.8) is 0 Å². The van der Waals surface area contributed by atoms with E-state index in [0.29, 0.717) is 17.2 Å². The summed E-state index contributed by atoms with van der Waals surface area (Å²) in [5, 5.41) is 4.36. The minimum Gasteiger partial charge on any atom is -0.493 e. The number of thiophene rings is 1. The maximum atomic E-state index is 5.35. The number of nitrogens with two attached hydrogens (primary N) is 1. The molecule has 2 N–H and O–H groups in total. The quantitative estimate of drug-likeness (QED) is 0.850. The van der Waals surface area contributed by atoms with Gasteiger partial charge in [-0.3, -0.25) is 0 Å². The van der Waals surface area contributed by atoms with Gasteiger partial charge in [-0.15, -0.1) is 11.3 Å².